The maximum absolute atomic E-state index is 12.0. The van der Waals surface area contributed by atoms with Gasteiger partial charge in [0.05, 0.1) is 0 Å². The predicted octanol–water partition coefficient (Wildman–Crippen LogP) is -0.0751. The number of ether oxygens (including phenoxy) is 2. The van der Waals surface area contributed by atoms with E-state index in [1.807, 2.05) is 0 Å². The smallest absolute Gasteiger partial charge is 0.335 e. The first-order valence-electron chi connectivity index (χ1n) is 8.23. The normalized spacial score (nSPS) is 27.3. The number of aliphatic hydroxyl groups is 2. The SMILES string of the molecule is CC(=O)O[C@@H]1C[C@](O)(C(=O)O)C[C@@H](OC(=O)/C=C/c2ccc(O)c(O)c2)[C@H]1O. The lowest BCUT2D eigenvalue weighted by molar-refractivity contribution is -0.204. The van der Waals surface area contributed by atoms with E-state index in [0.29, 0.717) is 5.56 Å². The van der Waals surface area contributed by atoms with Crippen LogP contribution in [0.2, 0.25) is 0 Å². The zero-order valence-electron chi connectivity index (χ0n) is 14.8. The Morgan fingerprint density at radius 2 is 1.71 bits per heavy atom. The Bertz CT molecular complexity index is 802. The van der Waals surface area contributed by atoms with E-state index in [4.69, 9.17) is 9.47 Å². The number of carboxylic acid groups (broad SMARTS) is 1. The summed E-state index contributed by atoms with van der Waals surface area (Å²) < 4.78 is 9.88. The number of carboxylic acids is 1. The molecule has 1 aliphatic rings. The van der Waals surface area contributed by atoms with Crippen molar-refractivity contribution in [3.63, 3.8) is 0 Å². The fourth-order valence-corrected chi connectivity index (χ4v) is 2.84. The van der Waals surface area contributed by atoms with Crippen molar-refractivity contribution in [1.82, 2.24) is 0 Å². The number of phenols is 2. The highest BCUT2D eigenvalue weighted by Gasteiger charge is 2.52. The number of hydrogen-bond acceptors (Lipinski definition) is 9. The van der Waals surface area contributed by atoms with Gasteiger partial charge >= 0.3 is 17.9 Å². The van der Waals surface area contributed by atoms with Gasteiger partial charge in [0.15, 0.2) is 17.1 Å². The van der Waals surface area contributed by atoms with Gasteiger partial charge in [-0.1, -0.05) is 6.07 Å². The summed E-state index contributed by atoms with van der Waals surface area (Å²) in [6.45, 7) is 1.05. The van der Waals surface area contributed by atoms with E-state index in [2.05, 4.69) is 0 Å². The number of benzene rings is 1. The minimum Gasteiger partial charge on any atom is -0.504 e. The second-order valence-corrected chi connectivity index (χ2v) is 6.44. The number of carbonyl (C=O) groups excluding carboxylic acids is 2. The van der Waals surface area contributed by atoms with Crippen LogP contribution < -0.4 is 0 Å². The molecule has 0 bridgehead atoms. The summed E-state index contributed by atoms with van der Waals surface area (Å²) in [6, 6.07) is 3.81. The number of aliphatic carboxylic acids is 1. The van der Waals surface area contributed by atoms with Crippen LogP contribution in [0.3, 0.4) is 0 Å². The molecule has 0 spiro atoms. The molecular weight excluding hydrogens is 376 g/mol. The van der Waals surface area contributed by atoms with Gasteiger partial charge in [-0.05, 0) is 23.8 Å². The highest BCUT2D eigenvalue weighted by Crippen LogP contribution is 2.33. The number of hydrogen-bond donors (Lipinski definition) is 5. The highest BCUT2D eigenvalue weighted by molar-refractivity contribution is 5.87. The van der Waals surface area contributed by atoms with Gasteiger partial charge in [-0.3, -0.25) is 4.79 Å². The molecule has 4 atom stereocenters. The Labute approximate surface area is 159 Å². The van der Waals surface area contributed by atoms with Crippen LogP contribution in [0.1, 0.15) is 25.3 Å². The fourth-order valence-electron chi connectivity index (χ4n) is 2.84. The summed E-state index contributed by atoms with van der Waals surface area (Å²) in [6.07, 6.45) is -3.29. The predicted molar refractivity (Wildman–Crippen MR) is 92.1 cm³/mol. The molecular formula is C18H20O10. The summed E-state index contributed by atoms with van der Waals surface area (Å²) in [4.78, 5) is 34.5. The van der Waals surface area contributed by atoms with Gasteiger partial charge in [0.1, 0.15) is 18.3 Å². The summed E-state index contributed by atoms with van der Waals surface area (Å²) >= 11 is 0. The molecule has 1 aromatic carbocycles. The third kappa shape index (κ3) is 4.99. The number of carbonyl (C=O) groups is 3. The van der Waals surface area contributed by atoms with Crippen molar-refractivity contribution in [3.05, 3.63) is 29.8 Å². The summed E-state index contributed by atoms with van der Waals surface area (Å²) in [5, 5.41) is 48.4. The van der Waals surface area contributed by atoms with Crippen LogP contribution in [-0.2, 0) is 23.9 Å². The maximum atomic E-state index is 12.0. The molecule has 2 rings (SSSR count). The van der Waals surface area contributed by atoms with Crippen LogP contribution in [-0.4, -0.2) is 67.4 Å². The molecule has 0 amide bonds. The molecule has 1 saturated carbocycles. The van der Waals surface area contributed by atoms with Crippen molar-refractivity contribution in [1.29, 1.82) is 0 Å². The molecule has 1 fully saturated rings. The van der Waals surface area contributed by atoms with Crippen LogP contribution in [0.4, 0.5) is 0 Å². The van der Waals surface area contributed by atoms with E-state index in [1.165, 1.54) is 24.3 Å². The van der Waals surface area contributed by atoms with E-state index in [0.717, 1.165) is 13.0 Å². The van der Waals surface area contributed by atoms with Crippen LogP contribution in [0, 0.1) is 0 Å². The topological polar surface area (TPSA) is 171 Å². The Balaban J connectivity index is 2.13. The molecule has 10 nitrogen and oxygen atoms in total. The van der Waals surface area contributed by atoms with Crippen molar-refractivity contribution in [3.8, 4) is 11.5 Å². The Morgan fingerprint density at radius 3 is 2.25 bits per heavy atom. The zero-order chi connectivity index (χ0) is 21.1. The number of esters is 2. The number of aliphatic hydroxyl groups excluding tert-OH is 1. The van der Waals surface area contributed by atoms with Gasteiger partial charge in [-0.15, -0.1) is 0 Å². The summed E-state index contributed by atoms with van der Waals surface area (Å²) in [7, 11) is 0. The summed E-state index contributed by atoms with van der Waals surface area (Å²) in [5.41, 5.74) is -1.99. The third-order valence-corrected chi connectivity index (χ3v) is 4.23. The first-order valence-corrected chi connectivity index (χ1v) is 8.23. The van der Waals surface area contributed by atoms with Crippen LogP contribution in [0.25, 0.3) is 6.08 Å². The lowest BCUT2D eigenvalue weighted by Crippen LogP contribution is -2.58. The van der Waals surface area contributed by atoms with Gasteiger partial charge in [-0.25, -0.2) is 9.59 Å². The monoisotopic (exact) mass is 396 g/mol. The van der Waals surface area contributed by atoms with Gasteiger partial charge in [0.2, 0.25) is 0 Å². The molecule has 0 heterocycles. The third-order valence-electron chi connectivity index (χ3n) is 4.23. The molecule has 5 N–H and O–H groups in total. The lowest BCUT2D eigenvalue weighted by Gasteiger charge is -2.40. The zero-order valence-corrected chi connectivity index (χ0v) is 14.8. The van der Waals surface area contributed by atoms with E-state index >= 15 is 0 Å². The average Bonchev–Trinajstić information content (AvgIpc) is 2.59. The minimum absolute atomic E-state index is 0.338. The van der Waals surface area contributed by atoms with E-state index in [9.17, 15) is 39.9 Å². The van der Waals surface area contributed by atoms with Crippen LogP contribution in [0.15, 0.2) is 24.3 Å². The highest BCUT2D eigenvalue weighted by atomic mass is 16.6. The quantitative estimate of drug-likeness (QED) is 0.258. The van der Waals surface area contributed by atoms with Gasteiger partial charge in [-0.2, -0.15) is 0 Å². The number of rotatable bonds is 5. The van der Waals surface area contributed by atoms with Gasteiger partial charge in [0, 0.05) is 25.8 Å². The Morgan fingerprint density at radius 1 is 1.11 bits per heavy atom. The maximum Gasteiger partial charge on any atom is 0.335 e. The number of aromatic hydroxyl groups is 2. The Hall–Kier alpha value is -3.11. The molecule has 0 aromatic heterocycles. The molecule has 28 heavy (non-hydrogen) atoms. The second-order valence-electron chi connectivity index (χ2n) is 6.44. The number of phenolic OH excluding ortho intramolecular Hbond substituents is 2. The summed E-state index contributed by atoms with van der Waals surface area (Å²) in [5.74, 6) is -4.10. The second kappa shape index (κ2) is 8.28. The standard InChI is InChI=1S/C18H20O10/c1-9(19)27-13-7-18(26,17(24)25)8-14(16(13)23)28-15(22)5-3-10-2-4-11(20)12(21)6-10/h2-6,13-14,16,20-21,23,26H,7-8H2,1H3,(H,24,25)/b5-3+/t13-,14-,16+,18-/m1/s1. The van der Waals surface area contributed by atoms with Crippen molar-refractivity contribution in [2.45, 2.75) is 43.7 Å². The van der Waals surface area contributed by atoms with Crippen molar-refractivity contribution >= 4 is 24.0 Å². The van der Waals surface area contributed by atoms with Crippen molar-refractivity contribution < 1.29 is 49.4 Å². The largest absolute Gasteiger partial charge is 0.504 e. The first-order chi connectivity index (χ1) is 13.0. The molecule has 0 radical (unpaired) electrons. The molecule has 152 valence electrons. The Kier molecular flexibility index (Phi) is 6.26. The van der Waals surface area contributed by atoms with Gasteiger partial charge in [0.25, 0.3) is 0 Å². The van der Waals surface area contributed by atoms with Crippen LogP contribution in [0.5, 0.6) is 11.5 Å². The molecule has 0 saturated heterocycles. The molecule has 0 aliphatic heterocycles. The van der Waals surface area contributed by atoms with E-state index in [-0.39, 0.29) is 5.75 Å². The van der Waals surface area contributed by atoms with Crippen molar-refractivity contribution in [2.75, 3.05) is 0 Å². The molecule has 10 heteroatoms. The molecule has 1 aromatic rings. The van der Waals surface area contributed by atoms with Gasteiger partial charge < -0.3 is 35.0 Å². The lowest BCUT2D eigenvalue weighted by atomic mass is 9.79. The first kappa shape index (κ1) is 21.2. The minimum atomic E-state index is -2.35. The van der Waals surface area contributed by atoms with Crippen LogP contribution >= 0.6 is 0 Å². The molecule has 0 unspecified atom stereocenters. The van der Waals surface area contributed by atoms with E-state index in [1.54, 1.807) is 0 Å². The average molecular weight is 396 g/mol. The fraction of sp³-hybridized carbons (Fsp3) is 0.389. The van der Waals surface area contributed by atoms with Crippen molar-refractivity contribution in [2.24, 2.45) is 0 Å². The molecule has 1 aliphatic carbocycles. The van der Waals surface area contributed by atoms with E-state index < -0.39 is 60.4 Å².